The summed E-state index contributed by atoms with van der Waals surface area (Å²) in [5, 5.41) is 6.74. The van der Waals surface area contributed by atoms with E-state index < -0.39 is 0 Å². The number of fused-ring (bicyclic) bond motifs is 10. The van der Waals surface area contributed by atoms with Crippen LogP contribution in [0.2, 0.25) is 0 Å². The molecular formula is C45H27N5O. The first-order chi connectivity index (χ1) is 25.3. The summed E-state index contributed by atoms with van der Waals surface area (Å²) in [6, 6.07) is 56.6. The smallest absolute Gasteiger partial charge is 0.238 e. The highest BCUT2D eigenvalue weighted by Gasteiger charge is 2.23. The van der Waals surface area contributed by atoms with E-state index in [9.17, 15) is 0 Å². The summed E-state index contributed by atoms with van der Waals surface area (Å²) in [6.45, 7) is 0. The van der Waals surface area contributed by atoms with Crippen molar-refractivity contribution in [3.63, 3.8) is 0 Å². The van der Waals surface area contributed by atoms with Gasteiger partial charge in [0, 0.05) is 43.7 Å². The zero-order chi connectivity index (χ0) is 33.5. The molecule has 0 N–H and O–H groups in total. The van der Waals surface area contributed by atoms with Crippen LogP contribution in [-0.2, 0) is 0 Å². The third-order valence-electron chi connectivity index (χ3n) is 9.96. The molecule has 0 amide bonds. The van der Waals surface area contributed by atoms with Crippen molar-refractivity contribution in [1.29, 1.82) is 0 Å². The highest BCUT2D eigenvalue weighted by Crippen LogP contribution is 2.43. The van der Waals surface area contributed by atoms with Crippen LogP contribution in [0.3, 0.4) is 0 Å². The fourth-order valence-electron chi connectivity index (χ4n) is 7.73. The summed E-state index contributed by atoms with van der Waals surface area (Å²) >= 11 is 0. The molecule has 0 aliphatic rings. The molecule has 11 rings (SSSR count). The van der Waals surface area contributed by atoms with E-state index in [0.29, 0.717) is 17.6 Å². The number of furan rings is 1. The highest BCUT2D eigenvalue weighted by molar-refractivity contribution is 6.26. The molecule has 0 unspecified atom stereocenters. The lowest BCUT2D eigenvalue weighted by Crippen LogP contribution is -2.06. The molecule has 0 bridgehead atoms. The first kappa shape index (κ1) is 27.9. The third-order valence-corrected chi connectivity index (χ3v) is 9.96. The van der Waals surface area contributed by atoms with Crippen molar-refractivity contribution < 1.29 is 4.42 Å². The van der Waals surface area contributed by atoms with E-state index in [-0.39, 0.29) is 0 Å². The van der Waals surface area contributed by atoms with Crippen molar-refractivity contribution in [2.45, 2.75) is 0 Å². The van der Waals surface area contributed by atoms with Gasteiger partial charge in [-0.3, -0.25) is 4.57 Å². The third kappa shape index (κ3) is 4.14. The van der Waals surface area contributed by atoms with Crippen LogP contribution in [0.1, 0.15) is 0 Å². The van der Waals surface area contributed by atoms with Gasteiger partial charge in [0.15, 0.2) is 11.6 Å². The lowest BCUT2D eigenvalue weighted by molar-refractivity contribution is 0.669. The predicted octanol–water partition coefficient (Wildman–Crippen LogP) is 11.3. The van der Waals surface area contributed by atoms with Crippen LogP contribution in [-0.4, -0.2) is 24.1 Å². The summed E-state index contributed by atoms with van der Waals surface area (Å²) in [5.74, 6) is 1.83. The van der Waals surface area contributed by atoms with E-state index in [1.165, 1.54) is 0 Å². The lowest BCUT2D eigenvalue weighted by atomic mass is 10.1. The van der Waals surface area contributed by atoms with Gasteiger partial charge >= 0.3 is 0 Å². The zero-order valence-corrected chi connectivity index (χ0v) is 27.2. The van der Waals surface area contributed by atoms with Crippen LogP contribution in [0, 0.1) is 0 Å². The molecule has 7 aromatic carbocycles. The Morgan fingerprint density at radius 3 is 1.67 bits per heavy atom. The molecule has 51 heavy (non-hydrogen) atoms. The summed E-state index contributed by atoms with van der Waals surface area (Å²) in [5.41, 5.74) is 9.01. The molecule has 0 radical (unpaired) electrons. The second kappa shape index (κ2) is 10.7. The Hall–Kier alpha value is -7.05. The second-order valence-corrected chi connectivity index (χ2v) is 12.9. The van der Waals surface area contributed by atoms with Crippen molar-refractivity contribution in [2.75, 3.05) is 0 Å². The topological polar surface area (TPSA) is 61.7 Å². The van der Waals surface area contributed by atoms with Crippen molar-refractivity contribution in [1.82, 2.24) is 24.1 Å². The van der Waals surface area contributed by atoms with Gasteiger partial charge in [0.05, 0.1) is 27.5 Å². The van der Waals surface area contributed by atoms with Gasteiger partial charge in [-0.1, -0.05) is 115 Å². The van der Waals surface area contributed by atoms with E-state index in [1.54, 1.807) is 0 Å². The Bertz CT molecular complexity index is 3060. The minimum Gasteiger partial charge on any atom is -0.456 e. The van der Waals surface area contributed by atoms with Crippen LogP contribution in [0.4, 0.5) is 0 Å². The van der Waals surface area contributed by atoms with E-state index in [1.807, 2.05) is 72.8 Å². The number of hydrogen-bond acceptors (Lipinski definition) is 4. The first-order valence-electron chi connectivity index (χ1n) is 17.0. The number of aromatic nitrogens is 5. The first-order valence-corrected chi connectivity index (χ1v) is 17.0. The molecule has 0 spiro atoms. The van der Waals surface area contributed by atoms with Crippen molar-refractivity contribution in [2.24, 2.45) is 0 Å². The summed E-state index contributed by atoms with van der Waals surface area (Å²) in [4.78, 5) is 15.3. The molecule has 238 valence electrons. The molecule has 4 aromatic heterocycles. The Morgan fingerprint density at radius 2 is 0.961 bits per heavy atom. The molecule has 11 aromatic rings. The van der Waals surface area contributed by atoms with Crippen molar-refractivity contribution in [3.05, 3.63) is 164 Å². The summed E-state index contributed by atoms with van der Waals surface area (Å²) < 4.78 is 11.0. The fourth-order valence-corrected chi connectivity index (χ4v) is 7.73. The number of benzene rings is 7. The molecule has 6 nitrogen and oxygen atoms in total. The number of hydrogen-bond donors (Lipinski definition) is 0. The average molecular weight is 654 g/mol. The second-order valence-electron chi connectivity index (χ2n) is 12.9. The number of para-hydroxylation sites is 3. The van der Waals surface area contributed by atoms with Gasteiger partial charge in [0.25, 0.3) is 0 Å². The van der Waals surface area contributed by atoms with Gasteiger partial charge in [0.2, 0.25) is 5.95 Å². The highest BCUT2D eigenvalue weighted by atomic mass is 16.3. The summed E-state index contributed by atoms with van der Waals surface area (Å²) in [7, 11) is 0. The minimum absolute atomic E-state index is 0.572. The molecule has 0 aliphatic carbocycles. The SMILES string of the molecule is c1ccc(-c2nc(-c3ccccc3)nc(-n3c4ccccc4c4cc5c(cc43)c3ccc4oc6ccccc6c4c3n5-c3ccccc3)n2)cc1. The van der Waals surface area contributed by atoms with E-state index in [0.717, 1.165) is 82.4 Å². The van der Waals surface area contributed by atoms with Crippen LogP contribution < -0.4 is 0 Å². The van der Waals surface area contributed by atoms with Crippen LogP contribution in [0.5, 0.6) is 0 Å². The predicted molar refractivity (Wildman–Crippen MR) is 207 cm³/mol. The Labute approximate surface area is 291 Å². The van der Waals surface area contributed by atoms with Gasteiger partial charge in [-0.15, -0.1) is 0 Å². The molecule has 0 saturated heterocycles. The van der Waals surface area contributed by atoms with E-state index in [4.69, 9.17) is 19.4 Å². The number of nitrogens with zero attached hydrogens (tertiary/aromatic N) is 5. The van der Waals surface area contributed by atoms with Gasteiger partial charge in [-0.25, -0.2) is 4.98 Å². The molecule has 0 atom stereocenters. The maximum atomic E-state index is 6.40. The largest absolute Gasteiger partial charge is 0.456 e. The van der Waals surface area contributed by atoms with Gasteiger partial charge < -0.3 is 8.98 Å². The number of rotatable bonds is 4. The molecule has 4 heterocycles. The molecule has 0 saturated carbocycles. The lowest BCUT2D eigenvalue weighted by Gasteiger charge is -2.11. The van der Waals surface area contributed by atoms with E-state index in [2.05, 4.69) is 100 Å². The quantitative estimate of drug-likeness (QED) is 0.190. The van der Waals surface area contributed by atoms with Gasteiger partial charge in [0.1, 0.15) is 11.2 Å². The monoisotopic (exact) mass is 653 g/mol. The van der Waals surface area contributed by atoms with E-state index >= 15 is 0 Å². The van der Waals surface area contributed by atoms with Crippen LogP contribution in [0.25, 0.3) is 100.0 Å². The standard InChI is InChI=1S/C45H27N5O/c1-4-14-28(15-5-1)43-46-44(29-16-6-2-7-17-29)48-45(47-43)50-36-22-12-10-20-31(36)34-26-37-35(27-38(34)50)32-24-25-40-41(33-21-11-13-23-39(33)51-40)42(32)49(37)30-18-8-3-9-19-30/h1-27H. The van der Waals surface area contributed by atoms with Crippen LogP contribution in [0.15, 0.2) is 168 Å². The Balaban J connectivity index is 1.29. The van der Waals surface area contributed by atoms with Crippen molar-refractivity contribution in [3.8, 4) is 34.4 Å². The Morgan fingerprint density at radius 1 is 0.392 bits per heavy atom. The molecule has 6 heteroatoms. The Kier molecular flexibility index (Phi) is 5.86. The van der Waals surface area contributed by atoms with Crippen LogP contribution >= 0.6 is 0 Å². The normalized spacial score (nSPS) is 11.9. The molecule has 0 fully saturated rings. The molecule has 0 aliphatic heterocycles. The maximum absolute atomic E-state index is 6.40. The van der Waals surface area contributed by atoms with Gasteiger partial charge in [-0.05, 0) is 48.5 Å². The minimum atomic E-state index is 0.572. The average Bonchev–Trinajstić information content (AvgIpc) is 3.85. The maximum Gasteiger partial charge on any atom is 0.238 e. The fraction of sp³-hybridized carbons (Fsp3) is 0. The summed E-state index contributed by atoms with van der Waals surface area (Å²) in [6.07, 6.45) is 0. The zero-order valence-electron chi connectivity index (χ0n) is 27.2. The van der Waals surface area contributed by atoms with Gasteiger partial charge in [-0.2, -0.15) is 9.97 Å². The molecular weight excluding hydrogens is 627 g/mol. The van der Waals surface area contributed by atoms with Crippen molar-refractivity contribution >= 4 is 65.6 Å².